The summed E-state index contributed by atoms with van der Waals surface area (Å²) in [5, 5.41) is 0. The molecule has 2 N–H and O–H groups in total. The minimum atomic E-state index is -0.478. The van der Waals surface area contributed by atoms with Gasteiger partial charge in [0.25, 0.3) is 0 Å². The van der Waals surface area contributed by atoms with E-state index >= 15 is 0 Å². The normalized spacial score (nSPS) is 10.1. The Morgan fingerprint density at radius 3 is 2.87 bits per heavy atom. The number of rotatable bonds is 5. The lowest BCUT2D eigenvalue weighted by molar-refractivity contribution is -0.113. The van der Waals surface area contributed by atoms with Crippen LogP contribution in [-0.4, -0.2) is 12.5 Å². The molecule has 0 bridgehead atoms. The Morgan fingerprint density at radius 1 is 1.47 bits per heavy atom. The summed E-state index contributed by atoms with van der Waals surface area (Å²) in [5.74, 6) is 0.225. The first kappa shape index (κ1) is 11.0. The van der Waals surface area contributed by atoms with Crippen molar-refractivity contribution in [3.05, 3.63) is 48.6 Å². The third-order valence-electron chi connectivity index (χ3n) is 1.70. The van der Waals surface area contributed by atoms with Crippen molar-refractivity contribution in [3.8, 4) is 5.75 Å². The molecular weight excluding hydrogens is 190 g/mol. The number of primary amides is 1. The lowest BCUT2D eigenvalue weighted by atomic mass is 10.2. The molecule has 0 atom stereocenters. The maximum Gasteiger partial charge on any atom is 0.241 e. The lowest BCUT2D eigenvalue weighted by Crippen LogP contribution is -2.05. The van der Waals surface area contributed by atoms with E-state index in [1.165, 1.54) is 6.08 Å². The fourth-order valence-electron chi connectivity index (χ4n) is 1.07. The van der Waals surface area contributed by atoms with Gasteiger partial charge in [-0.2, -0.15) is 0 Å². The summed E-state index contributed by atoms with van der Waals surface area (Å²) in [6.45, 7) is 3.99. The van der Waals surface area contributed by atoms with E-state index < -0.39 is 5.91 Å². The Labute approximate surface area is 88.9 Å². The highest BCUT2D eigenvalue weighted by Gasteiger charge is 1.98. The molecule has 0 saturated heterocycles. The zero-order chi connectivity index (χ0) is 11.1. The van der Waals surface area contributed by atoms with Crippen LogP contribution in [0.3, 0.4) is 0 Å². The van der Waals surface area contributed by atoms with Crippen LogP contribution in [0.1, 0.15) is 5.56 Å². The van der Waals surface area contributed by atoms with Crippen molar-refractivity contribution in [1.29, 1.82) is 0 Å². The van der Waals surface area contributed by atoms with Crippen LogP contribution >= 0.6 is 0 Å². The minimum absolute atomic E-state index is 0.432. The first-order chi connectivity index (χ1) is 7.24. The zero-order valence-corrected chi connectivity index (χ0v) is 8.35. The van der Waals surface area contributed by atoms with Crippen molar-refractivity contribution in [2.24, 2.45) is 5.73 Å². The molecule has 15 heavy (non-hydrogen) atoms. The van der Waals surface area contributed by atoms with Gasteiger partial charge in [-0.3, -0.25) is 4.79 Å². The molecule has 1 rings (SSSR count). The number of amides is 1. The number of para-hydroxylation sites is 1. The van der Waals surface area contributed by atoms with Gasteiger partial charge in [0.2, 0.25) is 5.91 Å². The average molecular weight is 203 g/mol. The van der Waals surface area contributed by atoms with Crippen LogP contribution in [0.5, 0.6) is 5.75 Å². The number of carbonyl (C=O) groups is 1. The Balaban J connectivity index is 2.85. The second-order valence-electron chi connectivity index (χ2n) is 2.87. The molecule has 0 heterocycles. The smallest absolute Gasteiger partial charge is 0.241 e. The Hall–Kier alpha value is -2.03. The standard InChI is InChI=1S/C12H13NO2/c1-2-9-15-11-6-4-3-5-10(11)7-8-12(13)14/h2-8H,1,9H2,(H2,13,14)/b8-7+. The SMILES string of the molecule is C=CCOc1ccccc1/C=C/C(N)=O. The molecule has 0 aliphatic carbocycles. The minimum Gasteiger partial charge on any atom is -0.489 e. The summed E-state index contributed by atoms with van der Waals surface area (Å²) >= 11 is 0. The highest BCUT2D eigenvalue weighted by Crippen LogP contribution is 2.19. The highest BCUT2D eigenvalue weighted by molar-refractivity contribution is 5.90. The molecule has 3 heteroatoms. The number of nitrogens with two attached hydrogens (primary N) is 1. The lowest BCUT2D eigenvalue weighted by Gasteiger charge is -2.06. The van der Waals surface area contributed by atoms with Gasteiger partial charge in [0.1, 0.15) is 12.4 Å². The van der Waals surface area contributed by atoms with Crippen molar-refractivity contribution >= 4 is 12.0 Å². The summed E-state index contributed by atoms with van der Waals surface area (Å²) in [4.78, 5) is 10.6. The van der Waals surface area contributed by atoms with Gasteiger partial charge in [0, 0.05) is 11.6 Å². The van der Waals surface area contributed by atoms with E-state index in [2.05, 4.69) is 6.58 Å². The molecule has 0 radical (unpaired) electrons. The quantitative estimate of drug-likeness (QED) is 0.585. The number of hydrogen-bond acceptors (Lipinski definition) is 2. The van der Waals surface area contributed by atoms with E-state index in [9.17, 15) is 4.79 Å². The van der Waals surface area contributed by atoms with Gasteiger partial charge in [-0.05, 0) is 12.1 Å². The molecule has 0 fully saturated rings. The van der Waals surface area contributed by atoms with Crippen molar-refractivity contribution in [3.63, 3.8) is 0 Å². The fourth-order valence-corrected chi connectivity index (χ4v) is 1.07. The van der Waals surface area contributed by atoms with Crippen LogP contribution in [0, 0.1) is 0 Å². The van der Waals surface area contributed by atoms with Gasteiger partial charge >= 0.3 is 0 Å². The van der Waals surface area contributed by atoms with E-state index in [0.29, 0.717) is 12.4 Å². The summed E-state index contributed by atoms with van der Waals surface area (Å²) in [6.07, 6.45) is 4.59. The van der Waals surface area contributed by atoms with Crippen molar-refractivity contribution in [2.75, 3.05) is 6.61 Å². The third-order valence-corrected chi connectivity index (χ3v) is 1.70. The molecule has 78 valence electrons. The van der Waals surface area contributed by atoms with Crippen LogP contribution in [0.25, 0.3) is 6.08 Å². The highest BCUT2D eigenvalue weighted by atomic mass is 16.5. The zero-order valence-electron chi connectivity index (χ0n) is 8.35. The molecule has 0 unspecified atom stereocenters. The molecule has 0 aliphatic rings. The molecule has 1 aromatic carbocycles. The van der Waals surface area contributed by atoms with Gasteiger partial charge in [-0.15, -0.1) is 0 Å². The summed E-state index contributed by atoms with van der Waals surface area (Å²) in [5.41, 5.74) is 5.83. The number of ether oxygens (including phenoxy) is 1. The van der Waals surface area contributed by atoms with Crippen LogP contribution in [0.4, 0.5) is 0 Å². The van der Waals surface area contributed by atoms with Gasteiger partial charge < -0.3 is 10.5 Å². The van der Waals surface area contributed by atoms with Gasteiger partial charge in [-0.1, -0.05) is 30.9 Å². The molecule has 0 spiro atoms. The molecule has 1 amide bonds. The first-order valence-corrected chi connectivity index (χ1v) is 4.54. The average Bonchev–Trinajstić information content (AvgIpc) is 2.24. The maximum absolute atomic E-state index is 10.6. The maximum atomic E-state index is 10.6. The van der Waals surface area contributed by atoms with E-state index in [1.54, 1.807) is 12.2 Å². The van der Waals surface area contributed by atoms with Crippen LogP contribution in [-0.2, 0) is 4.79 Å². The topological polar surface area (TPSA) is 52.3 Å². The van der Waals surface area contributed by atoms with Crippen LogP contribution in [0.15, 0.2) is 43.0 Å². The van der Waals surface area contributed by atoms with Crippen molar-refractivity contribution in [2.45, 2.75) is 0 Å². The molecule has 1 aromatic rings. The van der Waals surface area contributed by atoms with E-state index in [-0.39, 0.29) is 0 Å². The Morgan fingerprint density at radius 2 is 2.20 bits per heavy atom. The van der Waals surface area contributed by atoms with Gasteiger partial charge in [-0.25, -0.2) is 0 Å². The van der Waals surface area contributed by atoms with Gasteiger partial charge in [0.15, 0.2) is 0 Å². The molecule has 0 saturated carbocycles. The fraction of sp³-hybridized carbons (Fsp3) is 0.0833. The predicted molar refractivity (Wildman–Crippen MR) is 60.4 cm³/mol. The molecule has 0 aromatic heterocycles. The van der Waals surface area contributed by atoms with Crippen molar-refractivity contribution in [1.82, 2.24) is 0 Å². The van der Waals surface area contributed by atoms with E-state index in [4.69, 9.17) is 10.5 Å². The predicted octanol–water partition coefficient (Wildman–Crippen LogP) is 1.75. The van der Waals surface area contributed by atoms with E-state index in [1.807, 2.05) is 24.3 Å². The summed E-state index contributed by atoms with van der Waals surface area (Å²) < 4.78 is 5.40. The van der Waals surface area contributed by atoms with Gasteiger partial charge in [0.05, 0.1) is 0 Å². The Bertz CT molecular complexity index is 383. The summed E-state index contributed by atoms with van der Waals surface area (Å²) in [7, 11) is 0. The second-order valence-corrected chi connectivity index (χ2v) is 2.87. The molecule has 3 nitrogen and oxygen atoms in total. The second kappa shape index (κ2) is 5.65. The van der Waals surface area contributed by atoms with Crippen molar-refractivity contribution < 1.29 is 9.53 Å². The van der Waals surface area contributed by atoms with Crippen LogP contribution in [0.2, 0.25) is 0 Å². The van der Waals surface area contributed by atoms with Crippen LogP contribution < -0.4 is 10.5 Å². The van der Waals surface area contributed by atoms with E-state index in [0.717, 1.165) is 5.56 Å². The third kappa shape index (κ3) is 3.68. The number of hydrogen-bond donors (Lipinski definition) is 1. The monoisotopic (exact) mass is 203 g/mol. The Kier molecular flexibility index (Phi) is 4.16. The number of benzene rings is 1. The molecular formula is C12H13NO2. The number of carbonyl (C=O) groups excluding carboxylic acids is 1. The summed E-state index contributed by atoms with van der Waals surface area (Å²) in [6, 6.07) is 7.39. The largest absolute Gasteiger partial charge is 0.489 e. The molecule has 0 aliphatic heterocycles. The first-order valence-electron chi connectivity index (χ1n) is 4.54.